The zero-order chi connectivity index (χ0) is 22.0. The Kier molecular flexibility index (Phi) is 5.66. The number of hydrogen-bond acceptors (Lipinski definition) is 7. The standard InChI is InChI=1S/C22H23FN6O2/c1-13-19-20(29(3)14(2)21(30)27-19)28-22(26-13)25-10-17-8-9-18(11-24-17)31-12-15-4-6-16(23)7-5-15/h4-9,11,14H,10,12H2,1-3H3,(H,27,30)(H,25,26,28). The van der Waals surface area contributed by atoms with Crippen molar-refractivity contribution in [2.24, 2.45) is 0 Å². The average Bonchev–Trinajstić information content (AvgIpc) is 2.77. The van der Waals surface area contributed by atoms with Crippen molar-refractivity contribution in [1.82, 2.24) is 15.0 Å². The van der Waals surface area contributed by atoms with E-state index in [2.05, 4.69) is 25.6 Å². The highest BCUT2D eigenvalue weighted by Gasteiger charge is 2.30. The van der Waals surface area contributed by atoms with E-state index >= 15 is 0 Å². The van der Waals surface area contributed by atoms with Crippen LogP contribution < -0.4 is 20.3 Å². The number of carbonyl (C=O) groups is 1. The number of halogens is 1. The maximum absolute atomic E-state index is 13.0. The molecular weight excluding hydrogens is 399 g/mol. The third-order valence-electron chi connectivity index (χ3n) is 5.16. The number of aromatic nitrogens is 3. The summed E-state index contributed by atoms with van der Waals surface area (Å²) in [6.45, 7) is 4.43. The van der Waals surface area contributed by atoms with Crippen LogP contribution in [0, 0.1) is 12.7 Å². The highest BCUT2D eigenvalue weighted by Crippen LogP contribution is 2.32. The van der Waals surface area contributed by atoms with Gasteiger partial charge in [-0.2, -0.15) is 4.98 Å². The number of hydrogen-bond donors (Lipinski definition) is 2. The summed E-state index contributed by atoms with van der Waals surface area (Å²) in [5.41, 5.74) is 3.00. The monoisotopic (exact) mass is 422 g/mol. The summed E-state index contributed by atoms with van der Waals surface area (Å²) in [5.74, 6) is 1.42. The van der Waals surface area contributed by atoms with Crippen molar-refractivity contribution in [2.45, 2.75) is 33.0 Å². The second kappa shape index (κ2) is 8.55. The largest absolute Gasteiger partial charge is 0.487 e. The molecule has 4 rings (SSSR count). The Labute approximate surface area is 179 Å². The van der Waals surface area contributed by atoms with Gasteiger partial charge in [0.15, 0.2) is 5.82 Å². The van der Waals surface area contributed by atoms with Gasteiger partial charge in [0.25, 0.3) is 0 Å². The molecule has 1 unspecified atom stereocenters. The quantitative estimate of drug-likeness (QED) is 0.630. The van der Waals surface area contributed by atoms with Crippen LogP contribution >= 0.6 is 0 Å². The van der Waals surface area contributed by atoms with Crippen molar-refractivity contribution in [1.29, 1.82) is 0 Å². The van der Waals surface area contributed by atoms with Crippen molar-refractivity contribution in [3.8, 4) is 5.75 Å². The Morgan fingerprint density at radius 3 is 2.68 bits per heavy atom. The molecule has 0 radical (unpaired) electrons. The summed E-state index contributed by atoms with van der Waals surface area (Å²) < 4.78 is 18.7. The lowest BCUT2D eigenvalue weighted by Crippen LogP contribution is -2.44. The van der Waals surface area contributed by atoms with Crippen molar-refractivity contribution in [2.75, 3.05) is 22.6 Å². The fourth-order valence-electron chi connectivity index (χ4n) is 3.14. The van der Waals surface area contributed by atoms with Gasteiger partial charge in [-0.3, -0.25) is 9.78 Å². The fourth-order valence-corrected chi connectivity index (χ4v) is 3.14. The van der Waals surface area contributed by atoms with E-state index in [1.165, 1.54) is 12.1 Å². The topological polar surface area (TPSA) is 92.3 Å². The number of amides is 1. The second-order valence-corrected chi connectivity index (χ2v) is 7.36. The molecule has 1 aliphatic heterocycles. The van der Waals surface area contributed by atoms with Gasteiger partial charge in [0.2, 0.25) is 11.9 Å². The summed E-state index contributed by atoms with van der Waals surface area (Å²) in [5, 5.41) is 6.04. The molecule has 9 heteroatoms. The summed E-state index contributed by atoms with van der Waals surface area (Å²) in [6, 6.07) is 9.56. The predicted octanol–water partition coefficient (Wildman–Crippen LogP) is 3.29. The normalized spacial score (nSPS) is 15.3. The number of anilines is 3. The molecule has 0 spiro atoms. The first-order valence-electron chi connectivity index (χ1n) is 9.89. The zero-order valence-electron chi connectivity index (χ0n) is 17.5. The SMILES string of the molecule is Cc1nc(NCc2ccc(OCc3ccc(F)cc3)cn2)nc2c1NC(=O)C(C)N2C. The highest BCUT2D eigenvalue weighted by molar-refractivity contribution is 6.03. The Morgan fingerprint density at radius 1 is 1.19 bits per heavy atom. The van der Waals surface area contributed by atoms with Crippen LogP contribution in [0.3, 0.4) is 0 Å². The zero-order valence-corrected chi connectivity index (χ0v) is 17.5. The molecule has 1 aromatic carbocycles. The van der Waals surface area contributed by atoms with E-state index in [0.29, 0.717) is 42.0 Å². The number of ether oxygens (including phenoxy) is 1. The third kappa shape index (κ3) is 4.55. The number of fused-ring (bicyclic) bond motifs is 1. The molecule has 3 aromatic rings. The molecule has 1 atom stereocenters. The minimum Gasteiger partial charge on any atom is -0.487 e. The van der Waals surface area contributed by atoms with E-state index < -0.39 is 0 Å². The summed E-state index contributed by atoms with van der Waals surface area (Å²) in [6.07, 6.45) is 1.64. The molecule has 0 saturated heterocycles. The smallest absolute Gasteiger partial charge is 0.246 e. The lowest BCUT2D eigenvalue weighted by Gasteiger charge is -2.32. The minimum atomic E-state index is -0.307. The number of nitrogens with zero attached hydrogens (tertiary/aromatic N) is 4. The van der Waals surface area contributed by atoms with Crippen LogP contribution in [0.5, 0.6) is 5.75 Å². The molecule has 0 fully saturated rings. The first-order chi connectivity index (χ1) is 14.9. The predicted molar refractivity (Wildman–Crippen MR) is 116 cm³/mol. The van der Waals surface area contributed by atoms with Gasteiger partial charge in [-0.15, -0.1) is 0 Å². The summed E-state index contributed by atoms with van der Waals surface area (Å²) >= 11 is 0. The van der Waals surface area contributed by atoms with E-state index in [0.717, 1.165) is 11.3 Å². The summed E-state index contributed by atoms with van der Waals surface area (Å²) in [7, 11) is 1.84. The molecule has 3 heterocycles. The van der Waals surface area contributed by atoms with Crippen LogP contribution in [0.4, 0.5) is 21.8 Å². The van der Waals surface area contributed by atoms with E-state index in [4.69, 9.17) is 4.74 Å². The van der Waals surface area contributed by atoms with Crippen LogP contribution in [0.1, 0.15) is 23.9 Å². The number of likely N-dealkylation sites (N-methyl/N-ethyl adjacent to an activating group) is 1. The average molecular weight is 422 g/mol. The maximum Gasteiger partial charge on any atom is 0.246 e. The molecule has 0 saturated carbocycles. The van der Waals surface area contributed by atoms with E-state index in [1.807, 2.05) is 37.9 Å². The molecule has 1 amide bonds. The lowest BCUT2D eigenvalue weighted by atomic mass is 10.2. The van der Waals surface area contributed by atoms with Crippen LogP contribution in [0.2, 0.25) is 0 Å². The Bertz CT molecular complexity index is 1090. The van der Waals surface area contributed by atoms with Crippen molar-refractivity contribution in [3.63, 3.8) is 0 Å². The van der Waals surface area contributed by atoms with Crippen molar-refractivity contribution < 1.29 is 13.9 Å². The van der Waals surface area contributed by atoms with Crippen LogP contribution in [0.15, 0.2) is 42.6 Å². The number of benzene rings is 1. The molecule has 160 valence electrons. The molecule has 2 N–H and O–H groups in total. The van der Waals surface area contributed by atoms with Gasteiger partial charge in [0.1, 0.15) is 29.9 Å². The lowest BCUT2D eigenvalue weighted by molar-refractivity contribution is -0.117. The maximum atomic E-state index is 13.0. The third-order valence-corrected chi connectivity index (χ3v) is 5.16. The van der Waals surface area contributed by atoms with Gasteiger partial charge >= 0.3 is 0 Å². The highest BCUT2D eigenvalue weighted by atomic mass is 19.1. The van der Waals surface area contributed by atoms with Gasteiger partial charge in [0.05, 0.1) is 24.1 Å². The second-order valence-electron chi connectivity index (χ2n) is 7.36. The first kappa shape index (κ1) is 20.5. The minimum absolute atomic E-state index is 0.0756. The van der Waals surface area contributed by atoms with E-state index in [1.54, 1.807) is 18.3 Å². The molecular formula is C22H23FN6O2. The Morgan fingerprint density at radius 2 is 1.97 bits per heavy atom. The number of nitrogens with one attached hydrogen (secondary N) is 2. The number of rotatable bonds is 6. The number of aryl methyl sites for hydroxylation is 1. The number of carbonyl (C=O) groups excluding carboxylic acids is 1. The molecule has 1 aliphatic rings. The van der Waals surface area contributed by atoms with Gasteiger partial charge < -0.3 is 20.3 Å². The van der Waals surface area contributed by atoms with Gasteiger partial charge in [-0.1, -0.05) is 12.1 Å². The van der Waals surface area contributed by atoms with Crippen LogP contribution in [-0.4, -0.2) is 33.9 Å². The first-order valence-corrected chi connectivity index (χ1v) is 9.89. The van der Waals surface area contributed by atoms with E-state index in [-0.39, 0.29) is 17.8 Å². The number of pyridine rings is 1. The van der Waals surface area contributed by atoms with Crippen LogP contribution in [0.25, 0.3) is 0 Å². The van der Waals surface area contributed by atoms with Crippen molar-refractivity contribution in [3.05, 3.63) is 65.4 Å². The Balaban J connectivity index is 1.38. The Hall–Kier alpha value is -3.75. The van der Waals surface area contributed by atoms with E-state index in [9.17, 15) is 9.18 Å². The molecule has 31 heavy (non-hydrogen) atoms. The van der Waals surface area contributed by atoms with Gasteiger partial charge in [-0.05, 0) is 43.7 Å². The van der Waals surface area contributed by atoms with Crippen molar-refractivity contribution >= 4 is 23.4 Å². The van der Waals surface area contributed by atoms with Crippen LogP contribution in [-0.2, 0) is 17.9 Å². The molecule has 0 aliphatic carbocycles. The molecule has 2 aromatic heterocycles. The molecule has 0 bridgehead atoms. The molecule has 8 nitrogen and oxygen atoms in total. The fraction of sp³-hybridized carbons (Fsp3) is 0.273. The van der Waals surface area contributed by atoms with Gasteiger partial charge in [-0.25, -0.2) is 9.37 Å². The van der Waals surface area contributed by atoms with Gasteiger partial charge in [0, 0.05) is 7.05 Å². The summed E-state index contributed by atoms with van der Waals surface area (Å²) in [4.78, 5) is 27.2.